The van der Waals surface area contributed by atoms with Crippen LogP contribution in [0.3, 0.4) is 0 Å². The van der Waals surface area contributed by atoms with E-state index in [-0.39, 0.29) is 24.8 Å². The summed E-state index contributed by atoms with van der Waals surface area (Å²) in [7, 11) is 3.91. The second kappa shape index (κ2) is 13.3. The molecule has 2 unspecified atom stereocenters. The number of carbonyl (C=O) groups is 3. The van der Waals surface area contributed by atoms with Gasteiger partial charge >= 0.3 is 6.09 Å². The number of hydrogen-bond acceptors (Lipinski definition) is 7. The fourth-order valence-electron chi connectivity index (χ4n) is 3.23. The van der Waals surface area contributed by atoms with E-state index in [1.54, 1.807) is 0 Å². The van der Waals surface area contributed by atoms with Crippen molar-refractivity contribution in [2.75, 3.05) is 12.4 Å². The highest BCUT2D eigenvalue weighted by molar-refractivity contribution is 8.77. The molecular formula is C20H38N4O4S2. The Morgan fingerprint density at radius 1 is 1.13 bits per heavy atom. The molecule has 0 spiro atoms. The van der Waals surface area contributed by atoms with Gasteiger partial charge in [0.25, 0.3) is 0 Å². The van der Waals surface area contributed by atoms with Crippen molar-refractivity contribution in [2.24, 2.45) is 5.84 Å². The minimum absolute atomic E-state index is 0.0132. The van der Waals surface area contributed by atoms with Crippen molar-refractivity contribution >= 4 is 39.5 Å². The summed E-state index contributed by atoms with van der Waals surface area (Å²) in [4.78, 5) is 35.9. The van der Waals surface area contributed by atoms with Crippen molar-refractivity contribution in [1.82, 2.24) is 16.1 Å². The average Bonchev–Trinajstić information content (AvgIpc) is 3.17. The molecule has 174 valence electrons. The quantitative estimate of drug-likeness (QED) is 0.109. The molecule has 1 saturated heterocycles. The number of amides is 3. The molecule has 0 bridgehead atoms. The Balaban J connectivity index is 2.33. The number of carbonyl (C=O) groups excluding carboxylic acids is 3. The van der Waals surface area contributed by atoms with Crippen LogP contribution in [-0.4, -0.2) is 46.6 Å². The van der Waals surface area contributed by atoms with Crippen molar-refractivity contribution in [3.05, 3.63) is 0 Å². The largest absolute Gasteiger partial charge is 0.449 e. The highest BCUT2D eigenvalue weighted by Gasteiger charge is 2.29. The van der Waals surface area contributed by atoms with Crippen LogP contribution in [0.2, 0.25) is 0 Å². The van der Waals surface area contributed by atoms with Gasteiger partial charge in [-0.15, -0.1) is 0 Å². The number of hydrogen-bond donors (Lipinski definition) is 4. The van der Waals surface area contributed by atoms with Crippen LogP contribution >= 0.6 is 21.6 Å². The summed E-state index contributed by atoms with van der Waals surface area (Å²) in [6.45, 7) is 7.72. The van der Waals surface area contributed by atoms with Crippen LogP contribution in [0.5, 0.6) is 0 Å². The van der Waals surface area contributed by atoms with Gasteiger partial charge in [-0.2, -0.15) is 0 Å². The molecule has 5 N–H and O–H groups in total. The van der Waals surface area contributed by atoms with Crippen LogP contribution in [0, 0.1) is 0 Å². The van der Waals surface area contributed by atoms with Crippen LogP contribution in [0.15, 0.2) is 0 Å². The van der Waals surface area contributed by atoms with Gasteiger partial charge in [0.05, 0.1) is 6.61 Å². The molecule has 30 heavy (non-hydrogen) atoms. The van der Waals surface area contributed by atoms with Crippen LogP contribution in [0.4, 0.5) is 4.79 Å². The van der Waals surface area contributed by atoms with Gasteiger partial charge in [-0.05, 0) is 46.5 Å². The first-order valence-corrected chi connectivity index (χ1v) is 13.0. The zero-order valence-corrected chi connectivity index (χ0v) is 20.3. The van der Waals surface area contributed by atoms with Gasteiger partial charge in [0.1, 0.15) is 0 Å². The Labute approximate surface area is 188 Å². The maximum absolute atomic E-state index is 12.6. The van der Waals surface area contributed by atoms with Crippen LogP contribution in [0.1, 0.15) is 79.1 Å². The van der Waals surface area contributed by atoms with Crippen LogP contribution in [0.25, 0.3) is 0 Å². The first-order valence-electron chi connectivity index (χ1n) is 10.6. The molecule has 0 radical (unpaired) electrons. The summed E-state index contributed by atoms with van der Waals surface area (Å²) in [6, 6.07) is 0. The summed E-state index contributed by atoms with van der Waals surface area (Å²) in [5.74, 6) is 6.05. The van der Waals surface area contributed by atoms with Crippen molar-refractivity contribution in [3.63, 3.8) is 0 Å². The Kier molecular flexibility index (Phi) is 11.9. The second-order valence-corrected chi connectivity index (χ2v) is 11.5. The molecule has 1 aliphatic rings. The predicted molar refractivity (Wildman–Crippen MR) is 124 cm³/mol. The Morgan fingerprint density at radius 2 is 1.87 bits per heavy atom. The molecule has 1 fully saturated rings. The van der Waals surface area contributed by atoms with E-state index < -0.39 is 17.2 Å². The fourth-order valence-corrected chi connectivity index (χ4v) is 6.25. The van der Waals surface area contributed by atoms with E-state index >= 15 is 0 Å². The van der Waals surface area contributed by atoms with E-state index in [0.717, 1.165) is 18.1 Å². The first-order chi connectivity index (χ1) is 14.1. The second-order valence-electron chi connectivity index (χ2n) is 8.68. The Morgan fingerprint density at radius 3 is 2.47 bits per heavy atom. The third kappa shape index (κ3) is 11.3. The molecule has 0 aromatic carbocycles. The lowest BCUT2D eigenvalue weighted by atomic mass is 9.93. The lowest BCUT2D eigenvalue weighted by Gasteiger charge is -2.32. The zero-order valence-electron chi connectivity index (χ0n) is 18.7. The maximum atomic E-state index is 12.6. The SMILES string of the molecule is CCC(C)(CCOC(=O)NN)NC(=O)CC(C)(C)NC(=O)CCCCC1CCSS1. The van der Waals surface area contributed by atoms with Crippen molar-refractivity contribution in [2.45, 2.75) is 95.4 Å². The monoisotopic (exact) mass is 462 g/mol. The summed E-state index contributed by atoms with van der Waals surface area (Å²) in [5, 5.41) is 6.73. The van der Waals surface area contributed by atoms with Crippen molar-refractivity contribution < 1.29 is 19.1 Å². The molecule has 2 atom stereocenters. The molecule has 0 aliphatic carbocycles. The first kappa shape index (κ1) is 26.9. The maximum Gasteiger partial charge on any atom is 0.421 e. The van der Waals surface area contributed by atoms with Gasteiger partial charge < -0.3 is 15.4 Å². The van der Waals surface area contributed by atoms with Gasteiger partial charge in [-0.25, -0.2) is 10.6 Å². The lowest BCUT2D eigenvalue weighted by molar-refractivity contribution is -0.126. The normalized spacial score (nSPS) is 18.4. The van der Waals surface area contributed by atoms with Gasteiger partial charge in [0.2, 0.25) is 11.8 Å². The molecule has 0 aromatic heterocycles. The van der Waals surface area contributed by atoms with Gasteiger partial charge in [0.15, 0.2) is 0 Å². The highest BCUT2D eigenvalue weighted by Crippen LogP contribution is 2.39. The summed E-state index contributed by atoms with van der Waals surface area (Å²) >= 11 is 0. The predicted octanol–water partition coefficient (Wildman–Crippen LogP) is 3.26. The molecule has 1 aliphatic heterocycles. The van der Waals surface area contributed by atoms with E-state index in [1.807, 2.05) is 54.7 Å². The third-order valence-corrected chi connectivity index (χ3v) is 8.22. The molecule has 0 saturated carbocycles. The number of nitrogens with two attached hydrogens (primary N) is 1. The summed E-state index contributed by atoms with van der Waals surface area (Å²) in [5.41, 5.74) is 0.754. The number of hydrazine groups is 1. The van der Waals surface area contributed by atoms with Gasteiger partial charge in [-0.1, -0.05) is 34.9 Å². The molecular weight excluding hydrogens is 424 g/mol. The van der Waals surface area contributed by atoms with Crippen molar-refractivity contribution in [1.29, 1.82) is 0 Å². The molecule has 10 heteroatoms. The van der Waals surface area contributed by atoms with E-state index in [0.29, 0.717) is 19.3 Å². The van der Waals surface area contributed by atoms with E-state index in [9.17, 15) is 14.4 Å². The molecule has 1 rings (SSSR count). The van der Waals surface area contributed by atoms with E-state index in [1.165, 1.54) is 18.6 Å². The topological polar surface area (TPSA) is 123 Å². The van der Waals surface area contributed by atoms with E-state index in [2.05, 4.69) is 10.6 Å². The molecule has 3 amide bonds. The van der Waals surface area contributed by atoms with Crippen molar-refractivity contribution in [3.8, 4) is 0 Å². The Bertz CT molecular complexity index is 571. The van der Waals surface area contributed by atoms with Crippen LogP contribution in [-0.2, 0) is 14.3 Å². The average molecular weight is 463 g/mol. The molecule has 8 nitrogen and oxygen atoms in total. The fraction of sp³-hybridized carbons (Fsp3) is 0.850. The molecule has 1 heterocycles. The number of ether oxygens (including phenoxy) is 1. The van der Waals surface area contributed by atoms with Crippen LogP contribution < -0.4 is 21.9 Å². The minimum atomic E-state index is -0.704. The van der Waals surface area contributed by atoms with E-state index in [4.69, 9.17) is 10.6 Å². The van der Waals surface area contributed by atoms with Gasteiger partial charge in [0, 0.05) is 41.3 Å². The number of rotatable bonds is 13. The summed E-state index contributed by atoms with van der Waals surface area (Å²) in [6.07, 6.45) is 5.48. The Hall–Kier alpha value is -1.13. The third-order valence-electron chi connectivity index (χ3n) is 5.21. The standard InChI is InChI=1S/C20H38N4O4S2/c1-5-20(4,11-12-28-18(27)24-21)23-17(26)14-19(2,3)22-16(25)9-7-6-8-15-10-13-29-30-15/h15H,5-14,21H2,1-4H3,(H,22,25)(H,23,26)(H,24,27). The minimum Gasteiger partial charge on any atom is -0.449 e. The number of nitrogens with one attached hydrogen (secondary N) is 3. The zero-order chi connectivity index (χ0) is 22.6. The number of unbranched alkanes of at least 4 members (excludes halogenated alkanes) is 1. The lowest BCUT2D eigenvalue weighted by Crippen LogP contribution is -2.51. The summed E-state index contributed by atoms with van der Waals surface area (Å²) < 4.78 is 4.92. The smallest absolute Gasteiger partial charge is 0.421 e. The van der Waals surface area contributed by atoms with Gasteiger partial charge in [-0.3, -0.25) is 15.0 Å². The molecule has 0 aromatic rings. The highest BCUT2D eigenvalue weighted by atomic mass is 33.1.